The van der Waals surface area contributed by atoms with E-state index in [-0.39, 0.29) is 35.8 Å². The van der Waals surface area contributed by atoms with Gasteiger partial charge in [0.2, 0.25) is 5.91 Å². The van der Waals surface area contributed by atoms with E-state index in [0.29, 0.717) is 38.9 Å². The Kier molecular flexibility index (Phi) is 8.54. The van der Waals surface area contributed by atoms with Gasteiger partial charge in [-0.15, -0.1) is 0 Å². The molecular weight excluding hydrogens is 593 g/mol. The Hall–Kier alpha value is -4.97. The molecule has 0 radical (unpaired) electrons. The largest absolute Gasteiger partial charge is 0.366 e. The lowest BCUT2D eigenvalue weighted by atomic mass is 9.89. The van der Waals surface area contributed by atoms with Gasteiger partial charge < -0.3 is 16.0 Å². The van der Waals surface area contributed by atoms with Crippen LogP contribution in [0.15, 0.2) is 84.0 Å². The molecule has 8 nitrogen and oxygen atoms in total. The molecule has 0 saturated heterocycles. The zero-order chi connectivity index (χ0) is 31.6. The van der Waals surface area contributed by atoms with Crippen molar-refractivity contribution in [1.82, 2.24) is 15.3 Å². The van der Waals surface area contributed by atoms with E-state index in [9.17, 15) is 31.2 Å². The van der Waals surface area contributed by atoms with Crippen LogP contribution in [-0.4, -0.2) is 43.0 Å². The summed E-state index contributed by atoms with van der Waals surface area (Å²) in [6.07, 6.45) is 4.25. The number of pyridine rings is 1. The van der Waals surface area contributed by atoms with E-state index in [1.54, 1.807) is 24.4 Å². The summed E-state index contributed by atoms with van der Waals surface area (Å²) in [4.78, 5) is 32.6. The third-order valence-corrected chi connectivity index (χ3v) is 8.35. The summed E-state index contributed by atoms with van der Waals surface area (Å²) in [6.45, 7) is 0.00178. The van der Waals surface area contributed by atoms with Crippen LogP contribution in [0.25, 0.3) is 22.0 Å². The fourth-order valence-corrected chi connectivity index (χ4v) is 5.80. The second kappa shape index (κ2) is 12.3. The van der Waals surface area contributed by atoms with Crippen LogP contribution in [0.5, 0.6) is 0 Å². The first-order valence-corrected chi connectivity index (χ1v) is 15.3. The van der Waals surface area contributed by atoms with Gasteiger partial charge in [-0.1, -0.05) is 12.1 Å². The van der Waals surface area contributed by atoms with E-state index in [2.05, 4.69) is 15.3 Å². The van der Waals surface area contributed by atoms with Crippen LogP contribution in [0.4, 0.5) is 13.2 Å². The number of rotatable bonds is 10. The predicted octanol–water partition coefficient (Wildman–Crippen LogP) is 4.83. The van der Waals surface area contributed by atoms with Crippen molar-refractivity contribution < 1.29 is 31.2 Å². The van der Waals surface area contributed by atoms with E-state index in [4.69, 9.17) is 5.73 Å². The highest BCUT2D eigenvalue weighted by atomic mass is 32.2. The number of amides is 2. The second-order valence-electron chi connectivity index (χ2n) is 10.4. The Balaban J connectivity index is 1.46. The van der Waals surface area contributed by atoms with Crippen LogP contribution in [0.1, 0.15) is 33.1 Å². The standard InChI is InChI=1S/C32H27F3N4O4S/c1-44(42,43)24-5-7-29-26(15-24)20(16-38-29)13-30(40)39-17-21(9-18-10-22(33)14-23(34)11-18)31-25(3-2-8-37-31)19-4-6-28(35)27(12-19)32(36)41/h2-8,10-12,14-16,21,38H,9,13,17H2,1H3,(H2,36,41)(H,39,40)/t21-/m1/s1. The Labute approximate surface area is 251 Å². The van der Waals surface area contributed by atoms with E-state index in [1.165, 1.54) is 42.6 Å². The summed E-state index contributed by atoms with van der Waals surface area (Å²) >= 11 is 0. The first-order chi connectivity index (χ1) is 20.9. The van der Waals surface area contributed by atoms with Gasteiger partial charge in [-0.25, -0.2) is 21.6 Å². The third kappa shape index (κ3) is 6.81. The lowest BCUT2D eigenvalue weighted by Gasteiger charge is -2.21. The maximum Gasteiger partial charge on any atom is 0.251 e. The summed E-state index contributed by atoms with van der Waals surface area (Å²) in [7, 11) is -3.46. The van der Waals surface area contributed by atoms with Gasteiger partial charge in [0.05, 0.1) is 22.6 Å². The molecule has 2 aromatic heterocycles. The summed E-state index contributed by atoms with van der Waals surface area (Å²) in [6, 6.07) is 15.0. The molecule has 226 valence electrons. The molecule has 0 aliphatic carbocycles. The number of hydrogen-bond donors (Lipinski definition) is 3. The summed E-state index contributed by atoms with van der Waals surface area (Å²) in [5.41, 5.74) is 7.98. The average Bonchev–Trinajstić information content (AvgIpc) is 3.36. The maximum atomic E-state index is 14.2. The van der Waals surface area contributed by atoms with Crippen LogP contribution in [-0.2, 0) is 27.5 Å². The number of nitrogens with zero attached hydrogens (tertiary/aromatic N) is 1. The molecule has 12 heteroatoms. The number of nitrogens with one attached hydrogen (secondary N) is 2. The van der Waals surface area contributed by atoms with Gasteiger partial charge in [0.1, 0.15) is 17.5 Å². The Bertz CT molecular complexity index is 1990. The highest BCUT2D eigenvalue weighted by molar-refractivity contribution is 7.90. The van der Waals surface area contributed by atoms with E-state index in [1.807, 2.05) is 0 Å². The highest BCUT2D eigenvalue weighted by Gasteiger charge is 2.22. The maximum absolute atomic E-state index is 14.2. The van der Waals surface area contributed by atoms with Crippen LogP contribution >= 0.6 is 0 Å². The van der Waals surface area contributed by atoms with Crippen molar-refractivity contribution >= 4 is 32.6 Å². The minimum atomic E-state index is -3.46. The molecule has 0 aliphatic rings. The Morgan fingerprint density at radius 2 is 1.75 bits per heavy atom. The second-order valence-corrected chi connectivity index (χ2v) is 12.5. The van der Waals surface area contributed by atoms with Crippen LogP contribution in [0.3, 0.4) is 0 Å². The van der Waals surface area contributed by atoms with Crippen molar-refractivity contribution in [2.45, 2.75) is 23.7 Å². The molecule has 0 unspecified atom stereocenters. The summed E-state index contributed by atoms with van der Waals surface area (Å²) in [5, 5.41) is 3.45. The number of H-pyrrole nitrogens is 1. The number of primary amides is 1. The molecule has 4 N–H and O–H groups in total. The normalized spacial score (nSPS) is 12.3. The molecule has 44 heavy (non-hydrogen) atoms. The van der Waals surface area contributed by atoms with Gasteiger partial charge in [-0.05, 0) is 71.6 Å². The number of carbonyl (C=O) groups excluding carboxylic acids is 2. The average molecular weight is 621 g/mol. The van der Waals surface area contributed by atoms with Crippen LogP contribution in [0.2, 0.25) is 0 Å². The molecule has 1 atom stereocenters. The van der Waals surface area contributed by atoms with E-state index in [0.717, 1.165) is 18.4 Å². The van der Waals surface area contributed by atoms with Crippen molar-refractivity contribution in [1.29, 1.82) is 0 Å². The monoisotopic (exact) mass is 620 g/mol. The molecule has 0 spiro atoms. The smallest absolute Gasteiger partial charge is 0.251 e. The SMILES string of the molecule is CS(=O)(=O)c1ccc2[nH]cc(CC(=O)NC[C@@H](Cc3cc(F)cc(F)c3)c3ncccc3-c3ccc(F)c(C(N)=O)c3)c2c1. The van der Waals surface area contributed by atoms with Crippen molar-refractivity contribution in [3.63, 3.8) is 0 Å². The molecule has 0 saturated carbocycles. The third-order valence-electron chi connectivity index (χ3n) is 7.24. The first kappa shape index (κ1) is 30.5. The molecule has 3 aromatic carbocycles. The van der Waals surface area contributed by atoms with Crippen molar-refractivity contribution in [2.24, 2.45) is 5.73 Å². The van der Waals surface area contributed by atoms with E-state index >= 15 is 0 Å². The number of hydrogen-bond acceptors (Lipinski definition) is 5. The Morgan fingerprint density at radius 3 is 2.45 bits per heavy atom. The molecular formula is C32H27F3N4O4S. The molecule has 5 rings (SSSR count). The van der Waals surface area contributed by atoms with Gasteiger partial charge in [-0.2, -0.15) is 0 Å². The lowest BCUT2D eigenvalue weighted by Crippen LogP contribution is -2.31. The number of aromatic amines is 1. The minimum absolute atomic E-state index is 0.00178. The number of fused-ring (bicyclic) bond motifs is 1. The Morgan fingerprint density at radius 1 is 1.00 bits per heavy atom. The lowest BCUT2D eigenvalue weighted by molar-refractivity contribution is -0.120. The number of nitrogens with two attached hydrogens (primary N) is 1. The van der Waals surface area contributed by atoms with Crippen LogP contribution in [0, 0.1) is 17.5 Å². The first-order valence-electron chi connectivity index (χ1n) is 13.5. The summed E-state index contributed by atoms with van der Waals surface area (Å²) in [5.74, 6) is -4.26. The predicted molar refractivity (Wildman–Crippen MR) is 159 cm³/mol. The van der Waals surface area contributed by atoms with Crippen molar-refractivity contribution in [2.75, 3.05) is 12.8 Å². The fraction of sp³-hybridized carbons (Fsp3) is 0.156. The molecule has 0 fully saturated rings. The van der Waals surface area contributed by atoms with Gasteiger partial charge in [0, 0.05) is 53.6 Å². The van der Waals surface area contributed by atoms with Gasteiger partial charge in [0.15, 0.2) is 9.84 Å². The van der Waals surface area contributed by atoms with Gasteiger partial charge in [0.25, 0.3) is 5.91 Å². The molecule has 0 aliphatic heterocycles. The van der Waals surface area contributed by atoms with Crippen LogP contribution < -0.4 is 11.1 Å². The van der Waals surface area contributed by atoms with E-state index < -0.39 is 39.1 Å². The zero-order valence-corrected chi connectivity index (χ0v) is 24.2. The minimum Gasteiger partial charge on any atom is -0.366 e. The highest BCUT2D eigenvalue weighted by Crippen LogP contribution is 2.31. The van der Waals surface area contributed by atoms with Crippen molar-refractivity contribution in [3.05, 3.63) is 119 Å². The number of aromatic nitrogens is 2. The number of carbonyl (C=O) groups is 2. The molecule has 2 amide bonds. The number of sulfone groups is 1. The van der Waals surface area contributed by atoms with Gasteiger partial charge >= 0.3 is 0 Å². The van der Waals surface area contributed by atoms with Gasteiger partial charge in [-0.3, -0.25) is 14.6 Å². The molecule has 2 heterocycles. The molecule has 5 aromatic rings. The van der Waals surface area contributed by atoms with Crippen molar-refractivity contribution in [3.8, 4) is 11.1 Å². The zero-order valence-electron chi connectivity index (χ0n) is 23.4. The summed E-state index contributed by atoms with van der Waals surface area (Å²) < 4.78 is 66.5. The number of benzene rings is 3. The topological polar surface area (TPSA) is 135 Å². The molecule has 0 bridgehead atoms. The quantitative estimate of drug-likeness (QED) is 0.206. The fourth-order valence-electron chi connectivity index (χ4n) is 5.15. The number of halogens is 3.